The number of fused-ring (bicyclic) bond motifs is 6. The molecule has 0 aliphatic rings. The average Bonchev–Trinajstić information content (AvgIpc) is 4.07. The van der Waals surface area contributed by atoms with Gasteiger partial charge < -0.3 is 0 Å². The van der Waals surface area contributed by atoms with E-state index in [-0.39, 0.29) is 0 Å². The Morgan fingerprint density at radius 3 is 1.11 bits per heavy atom. The monoisotopic (exact) mass is 830 g/mol. The topological polar surface area (TPSA) is 48.8 Å². The zero-order valence-electron chi connectivity index (χ0n) is 30.0. The van der Waals surface area contributed by atoms with Crippen LogP contribution in [0.5, 0.6) is 0 Å². The smallest absolute Gasteiger partial charge is 0.0999 e. The number of nitrogens with one attached hydrogen (secondary N) is 2. The van der Waals surface area contributed by atoms with Crippen molar-refractivity contribution in [1.82, 2.24) is 0 Å². The van der Waals surface area contributed by atoms with Gasteiger partial charge in [0.05, 0.1) is 22.1 Å². The predicted octanol–water partition coefficient (Wildman–Crippen LogP) is 14.7. The van der Waals surface area contributed by atoms with Crippen LogP contribution in [0.15, 0.2) is 144 Å². The molecular weight excluding hydrogens is 801 g/mol. The van der Waals surface area contributed by atoms with E-state index in [0.717, 1.165) is 43.6 Å². The van der Waals surface area contributed by atoms with Gasteiger partial charge in [-0.15, -0.1) is 68.0 Å². The first kappa shape index (κ1) is 34.1. The number of para-hydroxylation sites is 2. The van der Waals surface area contributed by atoms with E-state index < -0.39 is 0 Å². The fraction of sp³-hybridized carbons (Fsp3) is 0.0435. The molecule has 10 heteroatoms. The van der Waals surface area contributed by atoms with E-state index >= 15 is 0 Å². The van der Waals surface area contributed by atoms with Crippen LogP contribution >= 0.6 is 68.0 Å². The Morgan fingerprint density at radius 1 is 0.339 bits per heavy atom. The maximum absolute atomic E-state index is 5.14. The molecule has 0 bridgehead atoms. The van der Waals surface area contributed by atoms with Gasteiger partial charge in [0, 0.05) is 90.5 Å². The Labute approximate surface area is 346 Å². The number of hydrogen-bond donors (Lipinski definition) is 2. The molecule has 0 unspecified atom stereocenters. The summed E-state index contributed by atoms with van der Waals surface area (Å²) in [5.74, 6) is 0. The molecule has 6 heterocycles. The van der Waals surface area contributed by atoms with E-state index in [1.807, 2.05) is 104 Å². The maximum atomic E-state index is 5.14. The van der Waals surface area contributed by atoms with Crippen molar-refractivity contribution < 1.29 is 0 Å². The first-order valence-electron chi connectivity index (χ1n) is 18.1. The molecule has 0 atom stereocenters. The van der Waals surface area contributed by atoms with Crippen molar-refractivity contribution in [3.8, 4) is 39.0 Å². The number of thiophene rings is 6. The van der Waals surface area contributed by atoms with Crippen LogP contribution in [0.1, 0.15) is 9.75 Å². The molecule has 2 N–H and O–H groups in total. The van der Waals surface area contributed by atoms with Crippen LogP contribution < -0.4 is 21.6 Å². The number of aryl methyl sites for hydroxylation is 2. The minimum Gasteiger partial charge on any atom is -0.278 e. The van der Waals surface area contributed by atoms with Gasteiger partial charge in [0.2, 0.25) is 0 Å². The summed E-state index contributed by atoms with van der Waals surface area (Å²) in [4.78, 5) is 13.0. The number of hydrogen-bond acceptors (Lipinski definition) is 10. The third kappa shape index (κ3) is 5.96. The Bertz CT molecular complexity index is 3120. The van der Waals surface area contributed by atoms with Gasteiger partial charge in [-0.25, -0.2) is 0 Å². The second-order valence-corrected chi connectivity index (χ2v) is 20.5. The van der Waals surface area contributed by atoms with Crippen LogP contribution in [-0.4, -0.2) is 0 Å². The first-order valence-corrected chi connectivity index (χ1v) is 23.0. The molecule has 0 amide bonds. The second kappa shape index (κ2) is 13.8. The van der Waals surface area contributed by atoms with Gasteiger partial charge in [-0.1, -0.05) is 36.4 Å². The van der Waals surface area contributed by atoms with Gasteiger partial charge in [0.15, 0.2) is 0 Å². The normalized spacial score (nSPS) is 12.7. The van der Waals surface area contributed by atoms with Gasteiger partial charge in [-0.05, 0) is 111 Å². The molecule has 0 saturated heterocycles. The van der Waals surface area contributed by atoms with E-state index in [9.17, 15) is 0 Å². The molecule has 11 aromatic rings. The number of benzene rings is 3. The summed E-state index contributed by atoms with van der Waals surface area (Å²) >= 11 is 11.1. The highest BCUT2D eigenvalue weighted by atomic mass is 32.1. The quantitative estimate of drug-likeness (QED) is 0.150. The fourth-order valence-electron chi connectivity index (χ4n) is 7.28. The molecule has 6 aromatic heterocycles. The molecule has 270 valence electrons. The zero-order chi connectivity index (χ0) is 37.3. The summed E-state index contributed by atoms with van der Waals surface area (Å²) in [6, 6.07) is 47.8. The van der Waals surface area contributed by atoms with E-state index in [1.54, 1.807) is 0 Å². The standard InChI is InChI=1S/C46H30N4S6/c1-25-13-15-35(51-25)37-17-19-39(53-37)41-23-33-43(49-47-27-9-5-3-6-10-27)29-22-32-30(21-31(29)45(33)55-41)44(50-48-28-11-7-4-8-12-28)34-24-42(56-46(32)34)40-20-18-38(54-40)36-16-14-26(2)52-36/h3-24,47-48H,1-2H3/b49-43+,50-44+. The van der Waals surface area contributed by atoms with E-state index in [1.165, 1.54) is 68.9 Å². The van der Waals surface area contributed by atoms with Crippen molar-refractivity contribution in [1.29, 1.82) is 0 Å². The lowest BCUT2D eigenvalue weighted by Gasteiger charge is -2.00. The lowest BCUT2D eigenvalue weighted by atomic mass is 10.1. The van der Waals surface area contributed by atoms with Crippen molar-refractivity contribution in [3.63, 3.8) is 0 Å². The summed E-state index contributed by atoms with van der Waals surface area (Å²) in [7, 11) is 0. The third-order valence-electron chi connectivity index (χ3n) is 9.94. The predicted molar refractivity (Wildman–Crippen MR) is 249 cm³/mol. The Hall–Kier alpha value is -5.20. The lowest BCUT2D eigenvalue weighted by Crippen LogP contribution is -2.05. The molecule has 5 aromatic carbocycles. The summed E-state index contributed by atoms with van der Waals surface area (Å²) in [5, 5.41) is 19.2. The highest BCUT2D eigenvalue weighted by Gasteiger charge is 2.21. The zero-order valence-corrected chi connectivity index (χ0v) is 34.9. The van der Waals surface area contributed by atoms with Gasteiger partial charge in [-0.3, -0.25) is 10.9 Å². The number of anilines is 2. The molecule has 0 saturated carbocycles. The molecule has 0 spiro atoms. The van der Waals surface area contributed by atoms with Crippen molar-refractivity contribution in [2.75, 3.05) is 10.9 Å². The first-order chi connectivity index (χ1) is 27.5. The molecular formula is C46H30N4S6. The Morgan fingerprint density at radius 2 is 0.714 bits per heavy atom. The molecule has 56 heavy (non-hydrogen) atoms. The van der Waals surface area contributed by atoms with E-state index in [4.69, 9.17) is 10.2 Å². The van der Waals surface area contributed by atoms with Crippen LogP contribution in [0, 0.1) is 13.8 Å². The maximum Gasteiger partial charge on any atom is 0.0999 e. The van der Waals surface area contributed by atoms with Crippen LogP contribution in [0.4, 0.5) is 11.4 Å². The molecule has 0 aliphatic heterocycles. The minimum atomic E-state index is 0.959. The van der Waals surface area contributed by atoms with Crippen molar-refractivity contribution in [3.05, 3.63) is 154 Å². The highest BCUT2D eigenvalue weighted by Crippen LogP contribution is 2.46. The van der Waals surface area contributed by atoms with Crippen molar-refractivity contribution in [2.45, 2.75) is 13.8 Å². The number of nitrogens with zero attached hydrogens (tertiary/aromatic N) is 2. The van der Waals surface area contributed by atoms with Gasteiger partial charge in [0.1, 0.15) is 0 Å². The lowest BCUT2D eigenvalue weighted by molar-refractivity contribution is 1.25. The molecule has 0 aliphatic carbocycles. The summed E-state index contributed by atoms with van der Waals surface area (Å²) in [6.45, 7) is 4.34. The van der Waals surface area contributed by atoms with E-state index in [2.05, 4.69) is 122 Å². The largest absolute Gasteiger partial charge is 0.278 e. The van der Waals surface area contributed by atoms with Crippen LogP contribution in [0.3, 0.4) is 0 Å². The highest BCUT2D eigenvalue weighted by molar-refractivity contribution is 7.30. The van der Waals surface area contributed by atoms with E-state index in [0.29, 0.717) is 0 Å². The van der Waals surface area contributed by atoms with Crippen LogP contribution in [0.2, 0.25) is 0 Å². The minimum absolute atomic E-state index is 0.959. The second-order valence-electron chi connectivity index (χ2n) is 13.7. The summed E-state index contributed by atoms with van der Waals surface area (Å²) < 4.78 is 2.49. The van der Waals surface area contributed by atoms with Crippen molar-refractivity contribution >= 4 is 121 Å². The van der Waals surface area contributed by atoms with Crippen LogP contribution in [-0.2, 0) is 0 Å². The number of rotatable bonds is 8. The van der Waals surface area contributed by atoms with Crippen LogP contribution in [0.25, 0.3) is 80.7 Å². The van der Waals surface area contributed by atoms with Crippen molar-refractivity contribution in [2.24, 2.45) is 10.2 Å². The molecule has 4 nitrogen and oxygen atoms in total. The SMILES string of the molecule is Cc1ccc(-c2ccc(-c3cc4/c(=N/Nc5ccccc5)c5cc6c(cc5c4s3)/c(=N\Nc3ccccc3)c3cc(-c4ccc(-c5ccc(C)s5)s4)sc36)s2)s1. The van der Waals surface area contributed by atoms with Gasteiger partial charge >= 0.3 is 0 Å². The summed E-state index contributed by atoms with van der Waals surface area (Å²) in [5.41, 5.74) is 8.70. The molecule has 0 fully saturated rings. The third-order valence-corrected chi connectivity index (χ3v) is 17.2. The average molecular weight is 831 g/mol. The Balaban J connectivity index is 1.12. The molecule has 0 radical (unpaired) electrons. The summed E-state index contributed by atoms with van der Waals surface area (Å²) in [6.07, 6.45) is 0. The fourth-order valence-corrected chi connectivity index (χ4v) is 13.8. The Kier molecular flexibility index (Phi) is 8.38. The molecule has 11 rings (SSSR count). The van der Waals surface area contributed by atoms with Gasteiger partial charge in [0.25, 0.3) is 0 Å². The van der Waals surface area contributed by atoms with Gasteiger partial charge in [-0.2, -0.15) is 10.2 Å².